The van der Waals surface area contributed by atoms with Crippen LogP contribution in [-0.2, 0) is 24.4 Å². The summed E-state index contributed by atoms with van der Waals surface area (Å²) in [7, 11) is -5.79. The minimum Gasteiger partial charge on any atom is -0.459 e. The van der Waals surface area contributed by atoms with Crippen molar-refractivity contribution in [3.8, 4) is 0 Å². The number of halogens is 2. The summed E-state index contributed by atoms with van der Waals surface area (Å²) in [6.07, 6.45) is -3.99. The largest absolute Gasteiger partial charge is 0.459 e. The Morgan fingerprint density at radius 3 is 2.38 bits per heavy atom. The molecule has 1 aliphatic rings. The molecule has 21 heavy (non-hydrogen) atoms. The fourth-order valence-electron chi connectivity index (χ4n) is 1.77. The van der Waals surface area contributed by atoms with Gasteiger partial charge in [-0.25, -0.2) is 4.79 Å². The summed E-state index contributed by atoms with van der Waals surface area (Å²) in [5.41, 5.74) is 0.178. The van der Waals surface area contributed by atoms with E-state index in [1.807, 2.05) is 0 Å². The number of esters is 1. The van der Waals surface area contributed by atoms with E-state index < -0.39 is 39.8 Å². The van der Waals surface area contributed by atoms with E-state index in [-0.39, 0.29) is 18.4 Å². The minimum absolute atomic E-state index is 0.0254. The zero-order chi connectivity index (χ0) is 16.4. The molecular formula is C11H16F2O7S. The second-order valence-corrected chi connectivity index (χ2v) is 6.26. The lowest BCUT2D eigenvalue weighted by atomic mass is 10.3. The van der Waals surface area contributed by atoms with Gasteiger partial charge in [0.25, 0.3) is 0 Å². The van der Waals surface area contributed by atoms with Gasteiger partial charge < -0.3 is 14.6 Å². The summed E-state index contributed by atoms with van der Waals surface area (Å²) < 4.78 is 64.9. The highest BCUT2D eigenvalue weighted by Crippen LogP contribution is 2.31. The molecule has 0 bridgehead atoms. The zero-order valence-electron chi connectivity index (χ0n) is 11.2. The normalized spacial score (nSPS) is 24.6. The van der Waals surface area contributed by atoms with Gasteiger partial charge >= 0.3 is 21.3 Å². The third-order valence-corrected chi connectivity index (χ3v) is 3.80. The van der Waals surface area contributed by atoms with Gasteiger partial charge in [-0.05, 0) is 19.8 Å². The number of hydrogen-bond acceptors (Lipinski definition) is 6. The van der Waals surface area contributed by atoms with Crippen LogP contribution in [0.4, 0.5) is 8.78 Å². The van der Waals surface area contributed by atoms with Crippen molar-refractivity contribution in [3.63, 3.8) is 0 Å². The summed E-state index contributed by atoms with van der Waals surface area (Å²) in [6.45, 7) is 4.83. The van der Waals surface area contributed by atoms with Gasteiger partial charge in [-0.3, -0.25) is 4.55 Å². The van der Waals surface area contributed by atoms with Gasteiger partial charge in [0.1, 0.15) is 6.10 Å². The molecule has 1 rings (SSSR count). The monoisotopic (exact) mass is 330 g/mol. The number of ether oxygens (including phenoxy) is 2. The Morgan fingerprint density at radius 1 is 1.38 bits per heavy atom. The number of aliphatic hydroxyl groups is 1. The minimum atomic E-state index is -5.79. The van der Waals surface area contributed by atoms with E-state index in [4.69, 9.17) is 14.4 Å². The van der Waals surface area contributed by atoms with Crippen LogP contribution >= 0.6 is 0 Å². The zero-order valence-corrected chi connectivity index (χ0v) is 12.0. The van der Waals surface area contributed by atoms with Crippen LogP contribution in [0.25, 0.3) is 0 Å². The van der Waals surface area contributed by atoms with Gasteiger partial charge in [-0.2, -0.15) is 17.2 Å². The van der Waals surface area contributed by atoms with Crippen molar-refractivity contribution in [2.75, 3.05) is 0 Å². The van der Waals surface area contributed by atoms with E-state index in [1.165, 1.54) is 6.92 Å². The SMILES string of the molecule is C=C(C)C(=O)OC1CCC(OC(O)C(F)(F)S(=O)(=O)O)C1. The summed E-state index contributed by atoms with van der Waals surface area (Å²) in [5, 5.41) is 4.26. The van der Waals surface area contributed by atoms with Gasteiger partial charge in [-0.1, -0.05) is 6.58 Å². The Labute approximate surface area is 120 Å². The van der Waals surface area contributed by atoms with Gasteiger partial charge in [0, 0.05) is 12.0 Å². The van der Waals surface area contributed by atoms with Gasteiger partial charge in [-0.15, -0.1) is 0 Å². The third kappa shape index (κ3) is 4.43. The molecule has 0 aromatic heterocycles. The highest BCUT2D eigenvalue weighted by molar-refractivity contribution is 7.86. The van der Waals surface area contributed by atoms with Crippen molar-refractivity contribution in [1.82, 2.24) is 0 Å². The van der Waals surface area contributed by atoms with Crippen molar-refractivity contribution in [3.05, 3.63) is 12.2 Å². The van der Waals surface area contributed by atoms with Gasteiger partial charge in [0.15, 0.2) is 0 Å². The Kier molecular flexibility index (Phi) is 5.42. The van der Waals surface area contributed by atoms with Crippen molar-refractivity contribution in [2.24, 2.45) is 0 Å². The van der Waals surface area contributed by atoms with Crippen molar-refractivity contribution >= 4 is 16.1 Å². The Hall–Kier alpha value is -1.10. The average molecular weight is 330 g/mol. The van der Waals surface area contributed by atoms with Crippen molar-refractivity contribution < 1.29 is 41.1 Å². The first kappa shape index (κ1) is 18.0. The summed E-state index contributed by atoms with van der Waals surface area (Å²) in [6, 6.07) is 0. The lowest BCUT2D eigenvalue weighted by molar-refractivity contribution is -0.218. The molecule has 10 heteroatoms. The summed E-state index contributed by atoms with van der Waals surface area (Å²) in [4.78, 5) is 11.3. The van der Waals surface area contributed by atoms with Crippen LogP contribution in [0.2, 0.25) is 0 Å². The maximum atomic E-state index is 13.1. The lowest BCUT2D eigenvalue weighted by Gasteiger charge is -2.23. The molecule has 7 nitrogen and oxygen atoms in total. The Balaban J connectivity index is 2.56. The summed E-state index contributed by atoms with van der Waals surface area (Å²) >= 11 is 0. The second kappa shape index (κ2) is 6.34. The molecule has 1 fully saturated rings. The molecule has 0 heterocycles. The predicted molar refractivity (Wildman–Crippen MR) is 65.9 cm³/mol. The first-order valence-electron chi connectivity index (χ1n) is 6.00. The summed E-state index contributed by atoms with van der Waals surface area (Å²) in [5.74, 6) is -0.635. The van der Waals surface area contributed by atoms with Crippen molar-refractivity contribution in [2.45, 2.75) is 49.9 Å². The van der Waals surface area contributed by atoms with Crippen LogP contribution in [0.15, 0.2) is 12.2 Å². The van der Waals surface area contributed by atoms with Crippen LogP contribution < -0.4 is 0 Å². The topological polar surface area (TPSA) is 110 Å². The number of hydrogen-bond donors (Lipinski definition) is 2. The number of alkyl halides is 2. The fourth-order valence-corrected chi connectivity index (χ4v) is 2.08. The highest BCUT2D eigenvalue weighted by Gasteiger charge is 2.53. The Morgan fingerprint density at radius 2 is 1.90 bits per heavy atom. The molecule has 0 spiro atoms. The second-order valence-electron chi connectivity index (χ2n) is 4.77. The maximum absolute atomic E-state index is 13.1. The Bertz CT molecular complexity index is 517. The molecule has 0 aliphatic heterocycles. The molecular weight excluding hydrogens is 314 g/mol. The van der Waals surface area contributed by atoms with E-state index in [0.717, 1.165) is 0 Å². The molecule has 2 N–H and O–H groups in total. The van der Waals surface area contributed by atoms with E-state index in [9.17, 15) is 22.0 Å². The predicted octanol–water partition coefficient (Wildman–Crippen LogP) is 0.842. The number of carbonyl (C=O) groups excluding carboxylic acids is 1. The molecule has 0 aromatic carbocycles. The van der Waals surface area contributed by atoms with Crippen LogP contribution in [0.5, 0.6) is 0 Å². The molecule has 1 saturated carbocycles. The average Bonchev–Trinajstić information content (AvgIpc) is 2.74. The smallest absolute Gasteiger partial charge is 0.418 e. The molecule has 122 valence electrons. The van der Waals surface area contributed by atoms with E-state index in [0.29, 0.717) is 6.42 Å². The van der Waals surface area contributed by atoms with Crippen LogP contribution in [-0.4, -0.2) is 47.8 Å². The molecule has 0 saturated heterocycles. The van der Waals surface area contributed by atoms with Crippen LogP contribution in [0.1, 0.15) is 26.2 Å². The number of aliphatic hydroxyl groups excluding tert-OH is 1. The molecule has 1 aliphatic carbocycles. The van der Waals surface area contributed by atoms with Crippen LogP contribution in [0.3, 0.4) is 0 Å². The third-order valence-electron chi connectivity index (χ3n) is 2.91. The number of rotatable bonds is 6. The van der Waals surface area contributed by atoms with E-state index in [1.54, 1.807) is 0 Å². The van der Waals surface area contributed by atoms with Gasteiger partial charge in [0.2, 0.25) is 6.29 Å². The highest BCUT2D eigenvalue weighted by atomic mass is 32.2. The fraction of sp³-hybridized carbons (Fsp3) is 0.727. The maximum Gasteiger partial charge on any atom is 0.418 e. The molecule has 0 radical (unpaired) electrons. The van der Waals surface area contributed by atoms with Crippen molar-refractivity contribution in [1.29, 1.82) is 0 Å². The first-order chi connectivity index (χ1) is 9.45. The molecule has 3 atom stereocenters. The number of carbonyl (C=O) groups is 1. The molecule has 0 aromatic rings. The lowest BCUT2D eigenvalue weighted by Crippen LogP contribution is -2.44. The first-order valence-corrected chi connectivity index (χ1v) is 7.44. The quantitative estimate of drug-likeness (QED) is 0.321. The van der Waals surface area contributed by atoms with Crippen LogP contribution in [0, 0.1) is 0 Å². The molecule has 3 unspecified atom stereocenters. The van der Waals surface area contributed by atoms with Gasteiger partial charge in [0.05, 0.1) is 6.10 Å². The van der Waals surface area contributed by atoms with E-state index in [2.05, 4.69) is 11.3 Å². The van der Waals surface area contributed by atoms with E-state index >= 15 is 0 Å². The standard InChI is InChI=1S/C11H16F2O7S/c1-6(2)9(14)19-7-3-4-8(5-7)20-10(15)11(12,13)21(16,17)18/h7-8,10,15H,1,3-5H2,2H3,(H,16,17,18). The molecule has 0 amide bonds.